The van der Waals surface area contributed by atoms with Crippen LogP contribution in [0.2, 0.25) is 0 Å². The molecule has 23 heavy (non-hydrogen) atoms. The van der Waals surface area contributed by atoms with Gasteiger partial charge in [0.1, 0.15) is 18.1 Å². The van der Waals surface area contributed by atoms with Gasteiger partial charge < -0.3 is 14.8 Å². The summed E-state index contributed by atoms with van der Waals surface area (Å²) in [5, 5.41) is 2.77. The molecule has 2 rings (SSSR count). The first-order chi connectivity index (χ1) is 11.2. The van der Waals surface area contributed by atoms with Gasteiger partial charge in [-0.05, 0) is 43.2 Å². The van der Waals surface area contributed by atoms with Crippen LogP contribution in [-0.4, -0.2) is 25.7 Å². The summed E-state index contributed by atoms with van der Waals surface area (Å²) in [6.45, 7) is 5.02. The van der Waals surface area contributed by atoms with Crippen molar-refractivity contribution in [2.45, 2.75) is 20.3 Å². The van der Waals surface area contributed by atoms with Gasteiger partial charge >= 0.3 is 0 Å². The Labute approximate surface area is 137 Å². The van der Waals surface area contributed by atoms with Gasteiger partial charge in [-0.2, -0.15) is 0 Å². The fourth-order valence-corrected chi connectivity index (χ4v) is 2.02. The maximum Gasteiger partial charge on any atom is 0.258 e. The minimum atomic E-state index is -0.155. The number of hydrogen-bond donors (Lipinski definition) is 1. The highest BCUT2D eigenvalue weighted by molar-refractivity contribution is 5.77. The molecule has 4 nitrogen and oxygen atoms in total. The minimum Gasteiger partial charge on any atom is -0.492 e. The highest BCUT2D eigenvalue weighted by Gasteiger charge is 2.02. The van der Waals surface area contributed by atoms with Gasteiger partial charge in [0.05, 0.1) is 6.54 Å². The zero-order chi connectivity index (χ0) is 16.5. The highest BCUT2D eigenvalue weighted by Crippen LogP contribution is 2.12. The topological polar surface area (TPSA) is 47.6 Å². The smallest absolute Gasteiger partial charge is 0.258 e. The van der Waals surface area contributed by atoms with Crippen LogP contribution >= 0.6 is 0 Å². The van der Waals surface area contributed by atoms with E-state index in [1.165, 1.54) is 11.1 Å². The Morgan fingerprint density at radius 3 is 2.22 bits per heavy atom. The average molecular weight is 313 g/mol. The monoisotopic (exact) mass is 313 g/mol. The Hall–Kier alpha value is -2.49. The van der Waals surface area contributed by atoms with E-state index in [4.69, 9.17) is 9.47 Å². The second-order valence-corrected chi connectivity index (χ2v) is 5.30. The molecule has 0 aromatic heterocycles. The van der Waals surface area contributed by atoms with Gasteiger partial charge in [-0.1, -0.05) is 36.8 Å². The molecule has 2 aromatic rings. The Balaban J connectivity index is 1.62. The largest absolute Gasteiger partial charge is 0.492 e. The predicted molar refractivity (Wildman–Crippen MR) is 91.0 cm³/mol. The van der Waals surface area contributed by atoms with Crippen LogP contribution in [0, 0.1) is 6.92 Å². The molecule has 122 valence electrons. The molecular formula is C19H23NO3. The summed E-state index contributed by atoms with van der Waals surface area (Å²) in [7, 11) is 0. The third-order valence-electron chi connectivity index (χ3n) is 3.42. The molecule has 0 fully saturated rings. The first-order valence-corrected chi connectivity index (χ1v) is 7.85. The molecule has 0 unspecified atom stereocenters. The van der Waals surface area contributed by atoms with Crippen molar-refractivity contribution in [2.24, 2.45) is 0 Å². The molecule has 0 spiro atoms. The van der Waals surface area contributed by atoms with Crippen molar-refractivity contribution >= 4 is 5.91 Å². The van der Waals surface area contributed by atoms with E-state index >= 15 is 0 Å². The van der Waals surface area contributed by atoms with Crippen molar-refractivity contribution in [3.63, 3.8) is 0 Å². The number of ether oxygens (including phenoxy) is 2. The maximum absolute atomic E-state index is 11.7. The maximum atomic E-state index is 11.7. The number of carbonyl (C=O) groups excluding carboxylic acids is 1. The van der Waals surface area contributed by atoms with Crippen LogP contribution in [0.3, 0.4) is 0 Å². The van der Waals surface area contributed by atoms with Crippen molar-refractivity contribution in [1.29, 1.82) is 0 Å². The van der Waals surface area contributed by atoms with Crippen molar-refractivity contribution in [3.05, 3.63) is 59.7 Å². The Kier molecular flexibility index (Phi) is 6.48. The number of rotatable bonds is 8. The normalized spacial score (nSPS) is 10.2. The van der Waals surface area contributed by atoms with Crippen molar-refractivity contribution < 1.29 is 14.3 Å². The van der Waals surface area contributed by atoms with Gasteiger partial charge in [0.2, 0.25) is 0 Å². The first-order valence-electron chi connectivity index (χ1n) is 7.85. The Bertz CT molecular complexity index is 606. The summed E-state index contributed by atoms with van der Waals surface area (Å²) in [4.78, 5) is 11.7. The summed E-state index contributed by atoms with van der Waals surface area (Å²) < 4.78 is 11.0. The van der Waals surface area contributed by atoms with Crippen molar-refractivity contribution in [3.8, 4) is 11.5 Å². The molecule has 1 amide bonds. The zero-order valence-electron chi connectivity index (χ0n) is 13.7. The fraction of sp³-hybridized carbons (Fsp3) is 0.316. The number of nitrogens with one attached hydrogen (secondary N) is 1. The predicted octanol–water partition coefficient (Wildman–Crippen LogP) is 3.13. The van der Waals surface area contributed by atoms with E-state index in [0.717, 1.165) is 12.2 Å². The molecule has 0 saturated carbocycles. The number of aryl methyl sites for hydroxylation is 2. The van der Waals surface area contributed by atoms with Crippen LogP contribution in [0.15, 0.2) is 48.5 Å². The van der Waals surface area contributed by atoms with E-state index in [-0.39, 0.29) is 12.5 Å². The van der Waals surface area contributed by atoms with Crippen molar-refractivity contribution in [2.75, 3.05) is 19.8 Å². The van der Waals surface area contributed by atoms with E-state index in [0.29, 0.717) is 18.9 Å². The third-order valence-corrected chi connectivity index (χ3v) is 3.42. The van der Waals surface area contributed by atoms with Crippen LogP contribution in [0.25, 0.3) is 0 Å². The zero-order valence-corrected chi connectivity index (χ0v) is 13.7. The van der Waals surface area contributed by atoms with Gasteiger partial charge in [0.25, 0.3) is 5.91 Å². The molecule has 2 aromatic carbocycles. The van der Waals surface area contributed by atoms with Crippen LogP contribution < -0.4 is 14.8 Å². The van der Waals surface area contributed by atoms with Crippen LogP contribution in [-0.2, 0) is 11.2 Å². The Morgan fingerprint density at radius 2 is 1.57 bits per heavy atom. The Morgan fingerprint density at radius 1 is 0.957 bits per heavy atom. The lowest BCUT2D eigenvalue weighted by Crippen LogP contribution is -2.32. The first kappa shape index (κ1) is 16.9. The average Bonchev–Trinajstić information content (AvgIpc) is 2.59. The van der Waals surface area contributed by atoms with Gasteiger partial charge in [-0.25, -0.2) is 0 Å². The number of benzene rings is 2. The number of carbonyl (C=O) groups is 1. The molecule has 1 N–H and O–H groups in total. The van der Waals surface area contributed by atoms with Gasteiger partial charge in [-0.3, -0.25) is 4.79 Å². The summed E-state index contributed by atoms with van der Waals surface area (Å²) in [6, 6.07) is 15.6. The van der Waals surface area contributed by atoms with E-state index in [2.05, 4.69) is 12.2 Å². The third kappa shape index (κ3) is 6.02. The lowest BCUT2D eigenvalue weighted by atomic mass is 10.2. The number of hydrogen-bond acceptors (Lipinski definition) is 3. The SMILES string of the molecule is CCc1ccc(OCC(=O)NCCOc2ccc(C)cc2)cc1. The van der Waals surface area contributed by atoms with E-state index in [9.17, 15) is 4.79 Å². The summed E-state index contributed by atoms with van der Waals surface area (Å²) >= 11 is 0. The lowest BCUT2D eigenvalue weighted by molar-refractivity contribution is -0.123. The van der Waals surface area contributed by atoms with Gasteiger partial charge in [-0.15, -0.1) is 0 Å². The molecule has 0 heterocycles. The number of amides is 1. The molecule has 0 saturated heterocycles. The van der Waals surface area contributed by atoms with Gasteiger partial charge in [0, 0.05) is 0 Å². The van der Waals surface area contributed by atoms with E-state index in [1.54, 1.807) is 0 Å². The molecule has 0 aliphatic heterocycles. The second-order valence-electron chi connectivity index (χ2n) is 5.30. The standard InChI is InChI=1S/C19H23NO3/c1-3-16-6-10-18(11-7-16)23-14-19(21)20-12-13-22-17-8-4-15(2)5-9-17/h4-11H,3,12-14H2,1-2H3,(H,20,21). The van der Waals surface area contributed by atoms with Gasteiger partial charge in [0.15, 0.2) is 6.61 Å². The van der Waals surface area contributed by atoms with Crippen LogP contribution in [0.4, 0.5) is 0 Å². The van der Waals surface area contributed by atoms with Crippen molar-refractivity contribution in [1.82, 2.24) is 5.32 Å². The van der Waals surface area contributed by atoms with Crippen LogP contribution in [0.1, 0.15) is 18.1 Å². The molecule has 0 aliphatic rings. The highest BCUT2D eigenvalue weighted by atomic mass is 16.5. The fourth-order valence-electron chi connectivity index (χ4n) is 2.02. The second kappa shape index (κ2) is 8.83. The summed E-state index contributed by atoms with van der Waals surface area (Å²) in [5.41, 5.74) is 2.44. The molecular weight excluding hydrogens is 290 g/mol. The quantitative estimate of drug-likeness (QED) is 0.762. The molecule has 0 radical (unpaired) electrons. The molecule has 0 bridgehead atoms. The summed E-state index contributed by atoms with van der Waals surface area (Å²) in [6.07, 6.45) is 0.988. The van der Waals surface area contributed by atoms with E-state index in [1.807, 2.05) is 55.5 Å². The minimum absolute atomic E-state index is 0.00992. The molecule has 0 atom stereocenters. The lowest BCUT2D eigenvalue weighted by Gasteiger charge is -2.09. The summed E-state index contributed by atoms with van der Waals surface area (Å²) in [5.74, 6) is 1.35. The van der Waals surface area contributed by atoms with E-state index < -0.39 is 0 Å². The molecule has 4 heteroatoms. The van der Waals surface area contributed by atoms with Crippen LogP contribution in [0.5, 0.6) is 11.5 Å². The molecule has 0 aliphatic carbocycles.